The highest BCUT2D eigenvalue weighted by molar-refractivity contribution is 7.99. The van der Waals surface area contributed by atoms with E-state index in [2.05, 4.69) is 20.6 Å². The van der Waals surface area contributed by atoms with Crippen molar-refractivity contribution in [2.24, 2.45) is 0 Å². The van der Waals surface area contributed by atoms with Crippen molar-refractivity contribution in [1.29, 1.82) is 0 Å². The zero-order valence-electron chi connectivity index (χ0n) is 17.1. The first kappa shape index (κ1) is 20.2. The number of ether oxygens (including phenoxy) is 2. The second-order valence-corrected chi connectivity index (χ2v) is 8.05. The van der Waals surface area contributed by atoms with Crippen molar-refractivity contribution in [1.82, 2.24) is 25.3 Å². The number of thioether (sulfide) groups is 1. The van der Waals surface area contributed by atoms with E-state index >= 15 is 0 Å². The number of fused-ring (bicyclic) bond motifs is 1. The molecule has 1 aliphatic heterocycles. The summed E-state index contributed by atoms with van der Waals surface area (Å²) in [6.07, 6.45) is 0. The minimum atomic E-state index is -0.145. The van der Waals surface area contributed by atoms with Crippen LogP contribution in [0.25, 0.3) is 5.82 Å². The van der Waals surface area contributed by atoms with Crippen molar-refractivity contribution in [3.05, 3.63) is 53.3 Å². The molecule has 1 aromatic carbocycles. The lowest BCUT2D eigenvalue weighted by atomic mass is 10.1. The topological polar surface area (TPSA) is 91.2 Å². The minimum absolute atomic E-state index is 0.0770. The lowest BCUT2D eigenvalue weighted by Crippen LogP contribution is -2.28. The van der Waals surface area contributed by atoms with Crippen molar-refractivity contribution < 1.29 is 14.3 Å². The summed E-state index contributed by atoms with van der Waals surface area (Å²) < 4.78 is 12.9. The molecule has 2 aromatic heterocycles. The maximum Gasteiger partial charge on any atom is 0.230 e. The summed E-state index contributed by atoms with van der Waals surface area (Å²) in [7, 11) is 0. The fourth-order valence-electron chi connectivity index (χ4n) is 3.20. The van der Waals surface area contributed by atoms with Crippen molar-refractivity contribution in [2.75, 3.05) is 19.0 Å². The van der Waals surface area contributed by atoms with E-state index in [1.807, 2.05) is 57.2 Å². The van der Waals surface area contributed by atoms with Crippen LogP contribution in [0.5, 0.6) is 11.5 Å². The summed E-state index contributed by atoms with van der Waals surface area (Å²) in [6, 6.07) is 11.3. The average molecular weight is 426 g/mol. The van der Waals surface area contributed by atoms with E-state index in [0.717, 1.165) is 22.7 Å². The highest BCUT2D eigenvalue weighted by Gasteiger charge is 2.16. The Kier molecular flexibility index (Phi) is 5.89. The lowest BCUT2D eigenvalue weighted by molar-refractivity contribution is -0.119. The maximum atomic E-state index is 12.4. The van der Waals surface area contributed by atoms with Crippen LogP contribution in [0.1, 0.15) is 29.9 Å². The van der Waals surface area contributed by atoms with E-state index in [4.69, 9.17) is 9.47 Å². The van der Waals surface area contributed by atoms with Crippen LogP contribution in [0.2, 0.25) is 0 Å². The zero-order valence-corrected chi connectivity index (χ0v) is 17.9. The molecular formula is C21H23N5O3S. The number of nitrogens with zero attached hydrogens (tertiary/aromatic N) is 4. The van der Waals surface area contributed by atoms with Crippen LogP contribution in [0.15, 0.2) is 41.4 Å². The third-order valence-corrected chi connectivity index (χ3v) is 5.57. The quantitative estimate of drug-likeness (QED) is 0.607. The summed E-state index contributed by atoms with van der Waals surface area (Å²) in [4.78, 5) is 12.4. The number of carbonyl (C=O) groups is 1. The fourth-order valence-corrected chi connectivity index (χ4v) is 3.82. The molecular weight excluding hydrogens is 402 g/mol. The third kappa shape index (κ3) is 4.56. The van der Waals surface area contributed by atoms with E-state index in [-0.39, 0.29) is 17.7 Å². The number of aromatic nitrogens is 4. The van der Waals surface area contributed by atoms with Crippen LogP contribution >= 0.6 is 11.8 Å². The fraction of sp³-hybridized carbons (Fsp3) is 0.333. The van der Waals surface area contributed by atoms with Gasteiger partial charge in [-0.2, -0.15) is 5.10 Å². The molecule has 0 saturated heterocycles. The SMILES string of the molecule is Cc1cc(C)n(-c2ccc(SCC(=O)N[C@@H](C)c3ccc4c(c3)OCCO4)nn2)n1. The molecule has 1 aliphatic rings. The Morgan fingerprint density at radius 2 is 1.93 bits per heavy atom. The summed E-state index contributed by atoms with van der Waals surface area (Å²) in [5.41, 5.74) is 2.89. The number of carbonyl (C=O) groups excluding carboxylic acids is 1. The van der Waals surface area contributed by atoms with Gasteiger partial charge in [-0.1, -0.05) is 17.8 Å². The summed E-state index contributed by atoms with van der Waals surface area (Å²) in [5.74, 6) is 2.28. The molecule has 30 heavy (non-hydrogen) atoms. The highest BCUT2D eigenvalue weighted by Crippen LogP contribution is 2.32. The Labute approximate surface area is 179 Å². The van der Waals surface area contributed by atoms with Crippen molar-refractivity contribution in [3.63, 3.8) is 0 Å². The molecule has 3 heterocycles. The predicted octanol–water partition coefficient (Wildman–Crippen LogP) is 3.02. The van der Waals surface area contributed by atoms with Crippen LogP contribution in [0.4, 0.5) is 0 Å². The molecule has 1 amide bonds. The van der Waals surface area contributed by atoms with Crippen LogP contribution in [0.3, 0.4) is 0 Å². The number of hydrogen-bond donors (Lipinski definition) is 1. The molecule has 8 nitrogen and oxygen atoms in total. The molecule has 9 heteroatoms. The Balaban J connectivity index is 1.32. The number of nitrogens with one attached hydrogen (secondary N) is 1. The van der Waals surface area contributed by atoms with Gasteiger partial charge in [0.05, 0.1) is 17.5 Å². The first-order valence-corrected chi connectivity index (χ1v) is 10.7. The summed E-state index contributed by atoms with van der Waals surface area (Å²) >= 11 is 1.34. The molecule has 4 rings (SSSR count). The maximum absolute atomic E-state index is 12.4. The Morgan fingerprint density at radius 3 is 2.63 bits per heavy atom. The first-order chi connectivity index (χ1) is 14.5. The predicted molar refractivity (Wildman–Crippen MR) is 113 cm³/mol. The van der Waals surface area contributed by atoms with Gasteiger partial charge >= 0.3 is 0 Å². The molecule has 1 N–H and O–H groups in total. The van der Waals surface area contributed by atoms with E-state index in [0.29, 0.717) is 29.8 Å². The molecule has 3 aromatic rings. The molecule has 0 unspecified atom stereocenters. The number of aryl methyl sites for hydroxylation is 2. The Hall–Kier alpha value is -3.07. The molecule has 0 fully saturated rings. The van der Waals surface area contributed by atoms with Gasteiger partial charge in [-0.15, -0.1) is 10.2 Å². The minimum Gasteiger partial charge on any atom is -0.486 e. The monoisotopic (exact) mass is 425 g/mol. The van der Waals surface area contributed by atoms with E-state index in [1.54, 1.807) is 4.68 Å². The number of rotatable bonds is 6. The van der Waals surface area contributed by atoms with Gasteiger partial charge < -0.3 is 14.8 Å². The van der Waals surface area contributed by atoms with Crippen LogP contribution in [0, 0.1) is 13.8 Å². The van der Waals surface area contributed by atoms with Crippen LogP contribution in [-0.2, 0) is 4.79 Å². The third-order valence-electron chi connectivity index (χ3n) is 4.65. The van der Waals surface area contributed by atoms with Gasteiger partial charge in [-0.3, -0.25) is 4.79 Å². The Morgan fingerprint density at radius 1 is 1.13 bits per heavy atom. The average Bonchev–Trinajstić information content (AvgIpc) is 3.10. The normalized spacial score (nSPS) is 13.7. The van der Waals surface area contributed by atoms with Crippen LogP contribution < -0.4 is 14.8 Å². The van der Waals surface area contributed by atoms with Gasteiger partial charge in [0, 0.05) is 5.69 Å². The highest BCUT2D eigenvalue weighted by atomic mass is 32.2. The van der Waals surface area contributed by atoms with Crippen molar-refractivity contribution in [2.45, 2.75) is 31.8 Å². The molecule has 0 radical (unpaired) electrons. The number of amides is 1. The molecule has 1 atom stereocenters. The standard InChI is InChI=1S/C21H23N5O3S/c1-13-10-14(2)26(25-13)19-6-7-21(24-23-19)30-12-20(27)22-15(3)16-4-5-17-18(11-16)29-9-8-28-17/h4-7,10-11,15H,8-9,12H2,1-3H3,(H,22,27)/t15-/m0/s1. The summed E-state index contributed by atoms with van der Waals surface area (Å²) in [5, 5.41) is 16.5. The van der Waals surface area contributed by atoms with Crippen molar-refractivity contribution >= 4 is 17.7 Å². The zero-order chi connectivity index (χ0) is 21.1. The number of benzene rings is 1. The van der Waals surface area contributed by atoms with E-state index in [9.17, 15) is 4.79 Å². The van der Waals surface area contributed by atoms with E-state index < -0.39 is 0 Å². The second-order valence-electron chi connectivity index (χ2n) is 7.05. The van der Waals surface area contributed by atoms with E-state index in [1.165, 1.54) is 11.8 Å². The van der Waals surface area contributed by atoms with Gasteiger partial charge in [0.15, 0.2) is 17.3 Å². The van der Waals surface area contributed by atoms with Gasteiger partial charge in [-0.05, 0) is 56.7 Å². The first-order valence-electron chi connectivity index (χ1n) is 9.68. The molecule has 0 spiro atoms. The van der Waals surface area contributed by atoms with Gasteiger partial charge in [-0.25, -0.2) is 4.68 Å². The van der Waals surface area contributed by atoms with Gasteiger partial charge in [0.1, 0.15) is 18.2 Å². The van der Waals surface area contributed by atoms with Crippen LogP contribution in [-0.4, -0.2) is 44.9 Å². The van der Waals surface area contributed by atoms with Gasteiger partial charge in [0.25, 0.3) is 0 Å². The Bertz CT molecular complexity index is 1050. The molecule has 0 saturated carbocycles. The van der Waals surface area contributed by atoms with Gasteiger partial charge in [0.2, 0.25) is 5.91 Å². The lowest BCUT2D eigenvalue weighted by Gasteiger charge is -2.21. The largest absolute Gasteiger partial charge is 0.486 e. The summed E-state index contributed by atoms with van der Waals surface area (Å²) in [6.45, 7) is 6.94. The molecule has 0 aliphatic carbocycles. The molecule has 156 valence electrons. The molecule has 0 bridgehead atoms. The smallest absolute Gasteiger partial charge is 0.230 e. The second kappa shape index (κ2) is 8.74. The van der Waals surface area contributed by atoms with Crippen molar-refractivity contribution in [3.8, 4) is 17.3 Å². The number of hydrogen-bond acceptors (Lipinski definition) is 7.